The molecule has 0 heterocycles. The second-order valence-electron chi connectivity index (χ2n) is 4.61. The fourth-order valence-corrected chi connectivity index (χ4v) is 1.59. The Morgan fingerprint density at radius 1 is 1.37 bits per heavy atom. The molecule has 5 heteroatoms. The summed E-state index contributed by atoms with van der Waals surface area (Å²) in [5.41, 5.74) is 0.548. The highest BCUT2D eigenvalue weighted by Crippen LogP contribution is 2.21. The molecule has 0 aromatic heterocycles. The fraction of sp³-hybridized carbons (Fsp3) is 0.500. The number of rotatable bonds is 6. The molecule has 0 radical (unpaired) electrons. The van der Waals surface area contributed by atoms with Gasteiger partial charge in [0.25, 0.3) is 0 Å². The van der Waals surface area contributed by atoms with Crippen molar-refractivity contribution < 1.29 is 13.9 Å². The topological polar surface area (TPSA) is 50.4 Å². The molecule has 0 aliphatic heterocycles. The van der Waals surface area contributed by atoms with Gasteiger partial charge < -0.3 is 15.4 Å². The molecule has 1 atom stereocenters. The summed E-state index contributed by atoms with van der Waals surface area (Å²) in [6, 6.07) is 4.21. The monoisotopic (exact) mass is 268 g/mol. The average molecular weight is 268 g/mol. The molecule has 106 valence electrons. The molecule has 4 nitrogen and oxygen atoms in total. The van der Waals surface area contributed by atoms with Crippen LogP contribution in [0.1, 0.15) is 27.7 Å². The molecule has 2 N–H and O–H groups in total. The Morgan fingerprint density at radius 3 is 2.58 bits per heavy atom. The number of benzene rings is 1. The van der Waals surface area contributed by atoms with Gasteiger partial charge in [0, 0.05) is 17.8 Å². The standard InChI is InChI=1S/C14H21FN2O2/c1-5-19-13-7-6-11(8-12(13)15)17-10(4)14(18)16-9(2)3/h6-10,17H,5H2,1-4H3,(H,16,18). The molecule has 0 saturated carbocycles. The van der Waals surface area contributed by atoms with Gasteiger partial charge in [-0.3, -0.25) is 4.79 Å². The third kappa shape index (κ3) is 4.77. The predicted molar refractivity (Wildman–Crippen MR) is 73.9 cm³/mol. The minimum Gasteiger partial charge on any atom is -0.491 e. The number of hydrogen-bond donors (Lipinski definition) is 2. The van der Waals surface area contributed by atoms with Crippen LogP contribution in [-0.4, -0.2) is 24.6 Å². The van der Waals surface area contributed by atoms with Gasteiger partial charge in [0.1, 0.15) is 6.04 Å². The average Bonchev–Trinajstić information content (AvgIpc) is 2.32. The normalized spacial score (nSPS) is 12.1. The summed E-state index contributed by atoms with van der Waals surface area (Å²) < 4.78 is 18.7. The van der Waals surface area contributed by atoms with E-state index in [1.54, 1.807) is 26.0 Å². The summed E-state index contributed by atoms with van der Waals surface area (Å²) in [6.45, 7) is 7.72. The van der Waals surface area contributed by atoms with E-state index in [-0.39, 0.29) is 17.7 Å². The number of carbonyl (C=O) groups excluding carboxylic acids is 1. The van der Waals surface area contributed by atoms with E-state index in [1.165, 1.54) is 6.07 Å². The van der Waals surface area contributed by atoms with Gasteiger partial charge in [0.2, 0.25) is 5.91 Å². The minimum absolute atomic E-state index is 0.0776. The van der Waals surface area contributed by atoms with Crippen LogP contribution in [0, 0.1) is 5.82 Å². The Balaban J connectivity index is 2.67. The summed E-state index contributed by atoms with van der Waals surface area (Å²) >= 11 is 0. The summed E-state index contributed by atoms with van der Waals surface area (Å²) in [5.74, 6) is -0.347. The number of nitrogens with one attached hydrogen (secondary N) is 2. The highest BCUT2D eigenvalue weighted by molar-refractivity contribution is 5.84. The minimum atomic E-state index is -0.441. The van der Waals surface area contributed by atoms with E-state index in [9.17, 15) is 9.18 Å². The maximum atomic E-state index is 13.6. The third-order valence-corrected chi connectivity index (χ3v) is 2.44. The molecule has 0 aliphatic rings. The molecule has 0 bridgehead atoms. The van der Waals surface area contributed by atoms with Crippen molar-refractivity contribution in [3.63, 3.8) is 0 Å². The maximum absolute atomic E-state index is 13.6. The summed E-state index contributed by atoms with van der Waals surface area (Å²) in [5, 5.41) is 5.74. The molecular formula is C14H21FN2O2. The Bertz CT molecular complexity index is 435. The first-order valence-electron chi connectivity index (χ1n) is 6.43. The Kier molecular flexibility index (Phi) is 5.60. The van der Waals surface area contributed by atoms with Gasteiger partial charge in [-0.15, -0.1) is 0 Å². The largest absolute Gasteiger partial charge is 0.491 e. The Labute approximate surface area is 113 Å². The zero-order chi connectivity index (χ0) is 14.4. The summed E-state index contributed by atoms with van der Waals surface area (Å²) in [6.07, 6.45) is 0. The van der Waals surface area contributed by atoms with Gasteiger partial charge in [-0.25, -0.2) is 4.39 Å². The van der Waals surface area contributed by atoms with Gasteiger partial charge in [-0.1, -0.05) is 0 Å². The molecule has 1 aromatic rings. The number of anilines is 1. The second-order valence-corrected chi connectivity index (χ2v) is 4.61. The van der Waals surface area contributed by atoms with Crippen LogP contribution in [0.25, 0.3) is 0 Å². The Hall–Kier alpha value is -1.78. The highest BCUT2D eigenvalue weighted by Gasteiger charge is 2.14. The van der Waals surface area contributed by atoms with Crippen LogP contribution in [0.3, 0.4) is 0 Å². The first-order chi connectivity index (χ1) is 8.93. The van der Waals surface area contributed by atoms with Gasteiger partial charge in [0.15, 0.2) is 11.6 Å². The van der Waals surface area contributed by atoms with Crippen molar-refractivity contribution in [3.05, 3.63) is 24.0 Å². The van der Waals surface area contributed by atoms with E-state index in [4.69, 9.17) is 4.74 Å². The first-order valence-corrected chi connectivity index (χ1v) is 6.43. The number of carbonyl (C=O) groups is 1. The molecule has 1 unspecified atom stereocenters. The molecular weight excluding hydrogens is 247 g/mol. The van der Waals surface area contributed by atoms with Crippen molar-refractivity contribution in [2.24, 2.45) is 0 Å². The van der Waals surface area contributed by atoms with Gasteiger partial charge >= 0.3 is 0 Å². The first kappa shape index (κ1) is 15.3. The van der Waals surface area contributed by atoms with Crippen LogP contribution in [0.5, 0.6) is 5.75 Å². The number of halogens is 1. The van der Waals surface area contributed by atoms with Crippen molar-refractivity contribution in [2.75, 3.05) is 11.9 Å². The smallest absolute Gasteiger partial charge is 0.242 e. The number of amides is 1. The van der Waals surface area contributed by atoms with Crippen molar-refractivity contribution >= 4 is 11.6 Å². The zero-order valence-electron chi connectivity index (χ0n) is 11.8. The molecule has 1 amide bonds. The lowest BCUT2D eigenvalue weighted by molar-refractivity contribution is -0.122. The van der Waals surface area contributed by atoms with Crippen molar-refractivity contribution in [2.45, 2.75) is 39.8 Å². The molecule has 0 spiro atoms. The van der Waals surface area contributed by atoms with Crippen molar-refractivity contribution in [1.29, 1.82) is 0 Å². The van der Waals surface area contributed by atoms with E-state index in [0.717, 1.165) is 0 Å². The molecule has 0 fully saturated rings. The van der Waals surface area contributed by atoms with Crippen LogP contribution in [0.15, 0.2) is 18.2 Å². The molecule has 19 heavy (non-hydrogen) atoms. The lowest BCUT2D eigenvalue weighted by Crippen LogP contribution is -2.40. The van der Waals surface area contributed by atoms with Gasteiger partial charge in [0.05, 0.1) is 6.61 Å². The predicted octanol–water partition coefficient (Wildman–Crippen LogP) is 2.55. The molecule has 0 saturated heterocycles. The molecule has 0 aliphatic carbocycles. The van der Waals surface area contributed by atoms with Crippen LogP contribution in [0.2, 0.25) is 0 Å². The van der Waals surface area contributed by atoms with Gasteiger partial charge in [-0.2, -0.15) is 0 Å². The van der Waals surface area contributed by atoms with Crippen LogP contribution < -0.4 is 15.4 Å². The second kappa shape index (κ2) is 6.97. The lowest BCUT2D eigenvalue weighted by Gasteiger charge is -2.17. The zero-order valence-corrected chi connectivity index (χ0v) is 11.8. The quantitative estimate of drug-likeness (QED) is 0.833. The maximum Gasteiger partial charge on any atom is 0.242 e. The van der Waals surface area contributed by atoms with E-state index in [0.29, 0.717) is 12.3 Å². The summed E-state index contributed by atoms with van der Waals surface area (Å²) in [7, 11) is 0. The van der Waals surface area contributed by atoms with Crippen molar-refractivity contribution in [3.8, 4) is 5.75 Å². The lowest BCUT2D eigenvalue weighted by atomic mass is 10.2. The fourth-order valence-electron chi connectivity index (χ4n) is 1.59. The third-order valence-electron chi connectivity index (χ3n) is 2.44. The van der Waals surface area contributed by atoms with E-state index < -0.39 is 11.9 Å². The number of hydrogen-bond acceptors (Lipinski definition) is 3. The SMILES string of the molecule is CCOc1ccc(NC(C)C(=O)NC(C)C)cc1F. The van der Waals surface area contributed by atoms with Crippen LogP contribution in [0.4, 0.5) is 10.1 Å². The Morgan fingerprint density at radius 2 is 2.05 bits per heavy atom. The van der Waals surface area contributed by atoms with Crippen LogP contribution in [-0.2, 0) is 4.79 Å². The van der Waals surface area contributed by atoms with Gasteiger partial charge in [-0.05, 0) is 39.8 Å². The molecule has 1 rings (SSSR count). The van der Waals surface area contributed by atoms with E-state index in [2.05, 4.69) is 10.6 Å². The summed E-state index contributed by atoms with van der Waals surface area (Å²) in [4.78, 5) is 11.7. The number of ether oxygens (including phenoxy) is 1. The van der Waals surface area contributed by atoms with Crippen LogP contribution >= 0.6 is 0 Å². The molecule has 1 aromatic carbocycles. The van der Waals surface area contributed by atoms with E-state index >= 15 is 0 Å². The highest BCUT2D eigenvalue weighted by atomic mass is 19.1. The van der Waals surface area contributed by atoms with E-state index in [1.807, 2.05) is 13.8 Å². The van der Waals surface area contributed by atoms with Crippen molar-refractivity contribution in [1.82, 2.24) is 5.32 Å².